The van der Waals surface area contributed by atoms with Gasteiger partial charge in [0.15, 0.2) is 0 Å². The molecule has 0 saturated carbocycles. The highest BCUT2D eigenvalue weighted by Gasteiger charge is 2.40. The van der Waals surface area contributed by atoms with Crippen LogP contribution in [0.4, 0.5) is 0 Å². The third kappa shape index (κ3) is 3.29. The molecular weight excluding hydrogens is 320 g/mol. The lowest BCUT2D eigenvalue weighted by atomic mass is 10.1. The summed E-state index contributed by atoms with van der Waals surface area (Å²) in [5.74, 6) is -1.48. The Balaban J connectivity index is 1.65. The lowest BCUT2D eigenvalue weighted by molar-refractivity contribution is -0.138. The molecule has 0 fully saturated rings. The van der Waals surface area contributed by atoms with Gasteiger partial charge in [0.1, 0.15) is 6.04 Å². The number of hydrogen-bond donors (Lipinski definition) is 1. The molecule has 1 atom stereocenters. The van der Waals surface area contributed by atoms with E-state index in [2.05, 4.69) is 5.48 Å². The summed E-state index contributed by atoms with van der Waals surface area (Å²) >= 11 is 0. The fourth-order valence-corrected chi connectivity index (χ4v) is 2.69. The quantitative estimate of drug-likeness (QED) is 0.670. The van der Waals surface area contributed by atoms with Crippen molar-refractivity contribution in [2.45, 2.75) is 26.5 Å². The van der Waals surface area contributed by atoms with Crippen molar-refractivity contribution in [1.29, 1.82) is 0 Å². The zero-order chi connectivity index (χ0) is 18.0. The fraction of sp³-hybridized carbons (Fsp3) is 0.211. The highest BCUT2D eigenvalue weighted by Crippen LogP contribution is 2.25. The molecule has 25 heavy (non-hydrogen) atoms. The predicted molar refractivity (Wildman–Crippen MR) is 90.5 cm³/mol. The predicted octanol–water partition coefficient (Wildman–Crippen LogP) is 2.23. The average molecular weight is 338 g/mol. The van der Waals surface area contributed by atoms with E-state index in [1.54, 1.807) is 18.2 Å². The van der Waals surface area contributed by atoms with Crippen molar-refractivity contribution in [2.75, 3.05) is 0 Å². The number of carbonyl (C=O) groups is 3. The molecule has 1 heterocycles. The Labute approximate surface area is 145 Å². The maximum Gasteiger partial charge on any atom is 0.266 e. The summed E-state index contributed by atoms with van der Waals surface area (Å²) in [6.07, 6.45) is 0. The first-order valence-corrected chi connectivity index (χ1v) is 7.93. The molecule has 3 rings (SSSR count). The Morgan fingerprint density at radius 2 is 1.76 bits per heavy atom. The van der Waals surface area contributed by atoms with Crippen molar-refractivity contribution in [3.8, 4) is 0 Å². The number of benzene rings is 2. The maximum absolute atomic E-state index is 12.5. The van der Waals surface area contributed by atoms with Crippen LogP contribution in [-0.2, 0) is 16.2 Å². The molecule has 2 aromatic rings. The number of imide groups is 1. The fourth-order valence-electron chi connectivity index (χ4n) is 2.69. The molecule has 0 saturated heterocycles. The summed E-state index contributed by atoms with van der Waals surface area (Å²) in [5.41, 5.74) is 4.73. The Kier molecular flexibility index (Phi) is 4.63. The van der Waals surface area contributed by atoms with Crippen molar-refractivity contribution in [3.05, 3.63) is 70.8 Å². The molecule has 128 valence electrons. The van der Waals surface area contributed by atoms with Crippen LogP contribution in [0.3, 0.4) is 0 Å². The molecule has 2 aromatic carbocycles. The van der Waals surface area contributed by atoms with Gasteiger partial charge in [0.05, 0.1) is 17.7 Å². The molecule has 0 bridgehead atoms. The Morgan fingerprint density at radius 1 is 1.08 bits per heavy atom. The summed E-state index contributed by atoms with van der Waals surface area (Å²) in [5, 5.41) is 0. The Bertz CT molecular complexity index is 833. The number of hydrogen-bond acceptors (Lipinski definition) is 4. The number of aryl methyl sites for hydroxylation is 1. The summed E-state index contributed by atoms with van der Waals surface area (Å²) < 4.78 is 0. The highest BCUT2D eigenvalue weighted by molar-refractivity contribution is 6.22. The second kappa shape index (κ2) is 6.86. The van der Waals surface area contributed by atoms with E-state index < -0.39 is 23.8 Å². The lowest BCUT2D eigenvalue weighted by Crippen LogP contribution is -2.47. The molecule has 6 heteroatoms. The number of nitrogens with one attached hydrogen (secondary N) is 1. The number of carbonyl (C=O) groups excluding carboxylic acids is 3. The van der Waals surface area contributed by atoms with E-state index in [0.29, 0.717) is 11.1 Å². The lowest BCUT2D eigenvalue weighted by Gasteiger charge is -2.21. The number of amides is 3. The van der Waals surface area contributed by atoms with Crippen molar-refractivity contribution in [2.24, 2.45) is 0 Å². The third-order valence-electron chi connectivity index (χ3n) is 4.09. The van der Waals surface area contributed by atoms with E-state index in [-0.39, 0.29) is 6.61 Å². The van der Waals surface area contributed by atoms with Gasteiger partial charge in [0, 0.05) is 0 Å². The maximum atomic E-state index is 12.5. The van der Waals surface area contributed by atoms with Gasteiger partial charge in [-0.3, -0.25) is 24.1 Å². The molecule has 0 spiro atoms. The first kappa shape index (κ1) is 16.9. The van der Waals surface area contributed by atoms with E-state index in [4.69, 9.17) is 4.84 Å². The van der Waals surface area contributed by atoms with E-state index in [9.17, 15) is 14.4 Å². The van der Waals surface area contributed by atoms with Crippen LogP contribution in [0.5, 0.6) is 0 Å². The molecule has 3 amide bonds. The summed E-state index contributed by atoms with van der Waals surface area (Å²) in [7, 11) is 0. The van der Waals surface area contributed by atoms with E-state index in [1.165, 1.54) is 6.92 Å². The Morgan fingerprint density at radius 3 is 2.48 bits per heavy atom. The molecule has 1 unspecified atom stereocenters. The Hall–Kier alpha value is -2.99. The summed E-state index contributed by atoms with van der Waals surface area (Å²) in [6.45, 7) is 3.53. The smallest absolute Gasteiger partial charge is 0.266 e. The standard InChI is InChI=1S/C19H18N2O4/c1-12-8-9-15-16(10-12)19(24)21(18(15)23)13(2)17(22)20-25-11-14-6-4-3-5-7-14/h3-10,13H,11H2,1-2H3,(H,20,22). The molecule has 0 radical (unpaired) electrons. The second-order valence-corrected chi connectivity index (χ2v) is 5.95. The molecule has 0 aromatic heterocycles. The van der Waals surface area contributed by atoms with Crippen LogP contribution in [0.1, 0.15) is 38.8 Å². The van der Waals surface area contributed by atoms with Crippen LogP contribution in [0.15, 0.2) is 48.5 Å². The van der Waals surface area contributed by atoms with Crippen molar-refractivity contribution in [1.82, 2.24) is 10.4 Å². The van der Waals surface area contributed by atoms with Gasteiger partial charge >= 0.3 is 0 Å². The van der Waals surface area contributed by atoms with Gasteiger partial charge in [-0.1, -0.05) is 42.0 Å². The van der Waals surface area contributed by atoms with E-state index in [0.717, 1.165) is 16.0 Å². The van der Waals surface area contributed by atoms with Crippen molar-refractivity contribution in [3.63, 3.8) is 0 Å². The second-order valence-electron chi connectivity index (χ2n) is 5.95. The first-order valence-electron chi connectivity index (χ1n) is 7.93. The van der Waals surface area contributed by atoms with Crippen molar-refractivity contribution < 1.29 is 19.2 Å². The van der Waals surface area contributed by atoms with Crippen LogP contribution < -0.4 is 5.48 Å². The van der Waals surface area contributed by atoms with Gasteiger partial charge in [-0.2, -0.15) is 0 Å². The van der Waals surface area contributed by atoms with Gasteiger partial charge in [0.2, 0.25) is 0 Å². The molecule has 6 nitrogen and oxygen atoms in total. The molecule has 1 aliphatic rings. The molecular formula is C19H18N2O4. The molecule has 1 N–H and O–H groups in total. The minimum absolute atomic E-state index is 0.195. The monoisotopic (exact) mass is 338 g/mol. The minimum Gasteiger partial charge on any atom is -0.270 e. The normalized spacial score (nSPS) is 14.4. The SMILES string of the molecule is Cc1ccc2c(c1)C(=O)N(C(C)C(=O)NOCc1ccccc1)C2=O. The number of hydroxylamine groups is 1. The van der Waals surface area contributed by atoms with Crippen molar-refractivity contribution >= 4 is 17.7 Å². The zero-order valence-corrected chi connectivity index (χ0v) is 14.0. The number of rotatable bonds is 5. The van der Waals surface area contributed by atoms with E-state index >= 15 is 0 Å². The van der Waals surface area contributed by atoms with Crippen LogP contribution in [0.2, 0.25) is 0 Å². The van der Waals surface area contributed by atoms with Gasteiger partial charge in [-0.15, -0.1) is 0 Å². The average Bonchev–Trinajstić information content (AvgIpc) is 2.85. The van der Waals surface area contributed by atoms with Gasteiger partial charge in [0.25, 0.3) is 17.7 Å². The first-order chi connectivity index (χ1) is 12.0. The van der Waals surface area contributed by atoms with Crippen LogP contribution in [0.25, 0.3) is 0 Å². The molecule has 1 aliphatic heterocycles. The van der Waals surface area contributed by atoms with Crippen LogP contribution in [-0.4, -0.2) is 28.7 Å². The van der Waals surface area contributed by atoms with Gasteiger partial charge in [-0.25, -0.2) is 5.48 Å². The van der Waals surface area contributed by atoms with Crippen LogP contribution in [0, 0.1) is 6.92 Å². The minimum atomic E-state index is -0.969. The van der Waals surface area contributed by atoms with Gasteiger partial charge < -0.3 is 0 Å². The van der Waals surface area contributed by atoms with Gasteiger partial charge in [-0.05, 0) is 31.5 Å². The number of nitrogens with zero attached hydrogens (tertiary/aromatic N) is 1. The zero-order valence-electron chi connectivity index (χ0n) is 14.0. The van der Waals surface area contributed by atoms with Crippen LogP contribution >= 0.6 is 0 Å². The third-order valence-corrected chi connectivity index (χ3v) is 4.09. The topological polar surface area (TPSA) is 75.7 Å². The number of fused-ring (bicyclic) bond motifs is 1. The highest BCUT2D eigenvalue weighted by atomic mass is 16.6. The largest absolute Gasteiger partial charge is 0.270 e. The summed E-state index contributed by atoms with van der Waals surface area (Å²) in [4.78, 5) is 43.3. The molecule has 0 aliphatic carbocycles. The summed E-state index contributed by atoms with van der Waals surface area (Å²) in [6, 6.07) is 13.4. The van der Waals surface area contributed by atoms with E-state index in [1.807, 2.05) is 37.3 Å².